The fourth-order valence-electron chi connectivity index (χ4n) is 5.62. The van der Waals surface area contributed by atoms with Gasteiger partial charge in [0, 0.05) is 6.42 Å². The van der Waals surface area contributed by atoms with Gasteiger partial charge in [0.15, 0.2) is 0 Å². The van der Waals surface area contributed by atoms with Gasteiger partial charge in [0.25, 0.3) is 7.82 Å². The highest BCUT2D eigenvalue weighted by Crippen LogP contribution is 2.38. The van der Waals surface area contributed by atoms with Gasteiger partial charge in [-0.25, -0.2) is 0 Å². The Morgan fingerprint density at radius 3 is 1.56 bits per heavy atom. The van der Waals surface area contributed by atoms with Crippen molar-refractivity contribution in [3.63, 3.8) is 0 Å². The Balaban J connectivity index is 4.65. The van der Waals surface area contributed by atoms with Gasteiger partial charge in [-0.1, -0.05) is 168 Å². The summed E-state index contributed by atoms with van der Waals surface area (Å²) in [7, 11) is 1.17. The van der Waals surface area contributed by atoms with E-state index in [0.717, 1.165) is 64.2 Å². The van der Waals surface area contributed by atoms with Crippen LogP contribution < -0.4 is 10.2 Å². The van der Waals surface area contributed by atoms with Crippen molar-refractivity contribution in [2.24, 2.45) is 0 Å². The number of unbranched alkanes of at least 4 members (excludes halogenated alkanes) is 10. The van der Waals surface area contributed by atoms with Crippen molar-refractivity contribution in [3.05, 3.63) is 109 Å². The number of allylic oxidation sites excluding steroid dienone is 17. The van der Waals surface area contributed by atoms with Crippen LogP contribution in [0.15, 0.2) is 109 Å². The lowest BCUT2D eigenvalue weighted by Crippen LogP contribution is -2.45. The van der Waals surface area contributed by atoms with E-state index in [1.807, 2.05) is 39.4 Å². The van der Waals surface area contributed by atoms with E-state index in [2.05, 4.69) is 104 Å². The molecule has 0 saturated heterocycles. The summed E-state index contributed by atoms with van der Waals surface area (Å²) in [5, 5.41) is 13.7. The molecule has 8 nitrogen and oxygen atoms in total. The third-order valence-electron chi connectivity index (χ3n) is 9.21. The van der Waals surface area contributed by atoms with Gasteiger partial charge in [0.05, 0.1) is 39.9 Å². The zero-order valence-electron chi connectivity index (χ0n) is 37.9. The number of amides is 1. The average molecular weight is 841 g/mol. The van der Waals surface area contributed by atoms with Crippen molar-refractivity contribution in [2.45, 2.75) is 161 Å². The molecule has 0 radical (unpaired) electrons. The number of quaternary nitrogens is 1. The summed E-state index contributed by atoms with van der Waals surface area (Å²) in [5.74, 6) is -0.299. The maximum atomic E-state index is 12.8. The number of nitrogens with zero attached hydrogens (tertiary/aromatic N) is 1. The second-order valence-electron chi connectivity index (χ2n) is 16.0. The van der Waals surface area contributed by atoms with Crippen LogP contribution >= 0.6 is 7.82 Å². The van der Waals surface area contributed by atoms with E-state index < -0.39 is 26.6 Å². The molecule has 0 aliphatic heterocycles. The highest BCUT2D eigenvalue weighted by molar-refractivity contribution is 7.45. The van der Waals surface area contributed by atoms with Crippen LogP contribution in [0, 0.1) is 0 Å². The molecule has 2 N–H and O–H groups in total. The molecule has 3 unspecified atom stereocenters. The Morgan fingerprint density at radius 1 is 0.610 bits per heavy atom. The zero-order chi connectivity index (χ0) is 43.6. The SMILES string of the molecule is CC/C=C\C/C=C\C/C=C\C/C=C\C/C=C\C/C=C\CCC(=O)NC(COP(=O)([O-])OCC[N+](C)(C)C)C(O)/C=C/CC/C=C/CC/C=C/CCCCCCCCCC. The van der Waals surface area contributed by atoms with Gasteiger partial charge in [-0.05, 0) is 83.5 Å². The van der Waals surface area contributed by atoms with Crippen LogP contribution in [0.2, 0.25) is 0 Å². The van der Waals surface area contributed by atoms with E-state index in [-0.39, 0.29) is 18.9 Å². The van der Waals surface area contributed by atoms with E-state index in [4.69, 9.17) is 9.05 Å². The maximum absolute atomic E-state index is 12.8. The van der Waals surface area contributed by atoms with Gasteiger partial charge >= 0.3 is 0 Å². The molecule has 336 valence electrons. The summed E-state index contributed by atoms with van der Waals surface area (Å²) >= 11 is 0. The molecule has 3 atom stereocenters. The van der Waals surface area contributed by atoms with Crippen LogP contribution in [0.1, 0.15) is 149 Å². The van der Waals surface area contributed by atoms with Gasteiger partial charge in [0.2, 0.25) is 5.91 Å². The molecule has 59 heavy (non-hydrogen) atoms. The fourth-order valence-corrected chi connectivity index (χ4v) is 6.34. The second kappa shape index (κ2) is 40.6. The molecule has 0 aromatic rings. The number of carbonyl (C=O) groups excluding carboxylic acids is 1. The van der Waals surface area contributed by atoms with Crippen LogP contribution in [0.25, 0.3) is 0 Å². The third kappa shape index (κ3) is 43.1. The first kappa shape index (κ1) is 56.2. The van der Waals surface area contributed by atoms with Crippen molar-refractivity contribution < 1.29 is 32.9 Å². The Morgan fingerprint density at radius 2 is 1.05 bits per heavy atom. The van der Waals surface area contributed by atoms with E-state index in [1.165, 1.54) is 51.4 Å². The molecule has 0 rings (SSSR count). The van der Waals surface area contributed by atoms with Crippen molar-refractivity contribution in [2.75, 3.05) is 40.9 Å². The van der Waals surface area contributed by atoms with Crippen molar-refractivity contribution in [1.82, 2.24) is 5.32 Å². The third-order valence-corrected chi connectivity index (χ3v) is 10.2. The molecule has 0 fully saturated rings. The van der Waals surface area contributed by atoms with Crippen molar-refractivity contribution in [1.29, 1.82) is 0 Å². The lowest BCUT2D eigenvalue weighted by molar-refractivity contribution is -0.870. The van der Waals surface area contributed by atoms with Gasteiger partial charge < -0.3 is 28.8 Å². The van der Waals surface area contributed by atoms with Crippen molar-refractivity contribution >= 4 is 13.7 Å². The van der Waals surface area contributed by atoms with E-state index in [0.29, 0.717) is 23.9 Å². The summed E-state index contributed by atoms with van der Waals surface area (Å²) in [6.07, 6.45) is 58.7. The Bertz CT molecular complexity index is 1320. The quantitative estimate of drug-likeness (QED) is 0.0276. The molecule has 9 heteroatoms. The number of carbonyl (C=O) groups is 1. The van der Waals surface area contributed by atoms with E-state index in [9.17, 15) is 19.4 Å². The highest BCUT2D eigenvalue weighted by Gasteiger charge is 2.23. The number of phosphoric ester groups is 1. The first-order valence-electron chi connectivity index (χ1n) is 22.7. The van der Waals surface area contributed by atoms with Crippen LogP contribution in [-0.4, -0.2) is 68.5 Å². The normalized spacial score (nSPS) is 15.3. The number of phosphoric acid groups is 1. The summed E-state index contributed by atoms with van der Waals surface area (Å²) in [6, 6.07) is -0.957. The first-order valence-corrected chi connectivity index (χ1v) is 24.2. The summed E-state index contributed by atoms with van der Waals surface area (Å²) in [4.78, 5) is 25.3. The Kier molecular flexibility index (Phi) is 38.6. The largest absolute Gasteiger partial charge is 0.756 e. The number of likely N-dealkylation sites (N-methyl/N-ethyl adjacent to an activating group) is 1. The summed E-state index contributed by atoms with van der Waals surface area (Å²) in [5.41, 5.74) is 0. The number of aliphatic hydroxyl groups excluding tert-OH is 1. The summed E-state index contributed by atoms with van der Waals surface area (Å²) < 4.78 is 23.1. The topological polar surface area (TPSA) is 108 Å². The molecule has 0 saturated carbocycles. The molecule has 0 bridgehead atoms. The van der Waals surface area contributed by atoms with Crippen LogP contribution in [-0.2, 0) is 18.4 Å². The standard InChI is InChI=1S/C50H85N2O6P/c1-6-8-10-12-14-16-18-20-22-24-26-28-30-32-34-36-38-40-42-44-50(54)51-48(47-58-59(55,56)57-46-45-52(3,4)5)49(53)43-41-39-37-35-33-31-29-27-25-23-21-19-17-15-13-11-9-7-2/h8,10,14,16,20,22,25-28,32-35,38,40-41,43,48-49,53H,6-7,9,11-13,15,17-19,21,23-24,29-31,36-37,39,42,44-47H2,1-5H3,(H-,51,54,55,56)/b10-8-,16-14-,22-20-,27-25+,28-26-,34-32-,35-33+,40-38-,43-41+. The zero-order valence-corrected chi connectivity index (χ0v) is 38.8. The fraction of sp³-hybridized carbons (Fsp3) is 0.620. The van der Waals surface area contributed by atoms with Crippen LogP contribution in [0.3, 0.4) is 0 Å². The van der Waals surface area contributed by atoms with Gasteiger partial charge in [-0.3, -0.25) is 9.36 Å². The Labute approximate surface area is 361 Å². The molecule has 0 aliphatic carbocycles. The average Bonchev–Trinajstić information content (AvgIpc) is 3.19. The predicted molar refractivity (Wildman–Crippen MR) is 251 cm³/mol. The molecule has 1 amide bonds. The number of rotatable bonds is 39. The number of aliphatic hydroxyl groups is 1. The monoisotopic (exact) mass is 841 g/mol. The van der Waals surface area contributed by atoms with Gasteiger partial charge in [-0.15, -0.1) is 0 Å². The molecular weight excluding hydrogens is 756 g/mol. The molecule has 0 aromatic heterocycles. The van der Waals surface area contributed by atoms with Crippen LogP contribution in [0.4, 0.5) is 0 Å². The number of hydrogen-bond acceptors (Lipinski definition) is 6. The molecular formula is C50H85N2O6P. The first-order chi connectivity index (χ1) is 28.5. The lowest BCUT2D eigenvalue weighted by Gasteiger charge is -2.29. The highest BCUT2D eigenvalue weighted by atomic mass is 31.2. The van der Waals surface area contributed by atoms with Gasteiger partial charge in [0.1, 0.15) is 13.2 Å². The lowest BCUT2D eigenvalue weighted by atomic mass is 10.1. The Hall–Kier alpha value is -2.84. The smallest absolute Gasteiger partial charge is 0.268 e. The van der Waals surface area contributed by atoms with Crippen LogP contribution in [0.5, 0.6) is 0 Å². The minimum Gasteiger partial charge on any atom is -0.756 e. The van der Waals surface area contributed by atoms with E-state index in [1.54, 1.807) is 6.08 Å². The van der Waals surface area contributed by atoms with E-state index >= 15 is 0 Å². The molecule has 0 spiro atoms. The summed E-state index contributed by atoms with van der Waals surface area (Å²) in [6.45, 7) is 4.41. The molecule has 0 heterocycles. The molecule has 0 aromatic carbocycles. The maximum Gasteiger partial charge on any atom is 0.268 e. The second-order valence-corrected chi connectivity index (χ2v) is 17.4. The number of nitrogens with one attached hydrogen (secondary N) is 1. The number of hydrogen-bond donors (Lipinski definition) is 2. The van der Waals surface area contributed by atoms with Gasteiger partial charge in [-0.2, -0.15) is 0 Å². The predicted octanol–water partition coefficient (Wildman–Crippen LogP) is 12.3. The van der Waals surface area contributed by atoms with Crippen molar-refractivity contribution in [3.8, 4) is 0 Å². The minimum atomic E-state index is -4.63. The minimum absolute atomic E-state index is 0.0289. The molecule has 0 aliphatic rings.